The normalized spacial score (nSPS) is 12.7. The summed E-state index contributed by atoms with van der Waals surface area (Å²) in [5, 5.41) is 3.28. The summed E-state index contributed by atoms with van der Waals surface area (Å²) >= 11 is 0. The Balaban J connectivity index is 2.44. The van der Waals surface area contributed by atoms with Gasteiger partial charge < -0.3 is 14.8 Å². The number of sulfonamides is 1. The van der Waals surface area contributed by atoms with Gasteiger partial charge in [-0.1, -0.05) is 6.92 Å². The Kier molecular flexibility index (Phi) is 7.57. The number of rotatable bonds is 8. The molecule has 0 saturated carbocycles. The predicted molar refractivity (Wildman–Crippen MR) is 94.9 cm³/mol. The fraction of sp³-hybridized carbons (Fsp3) is 0.667. The summed E-state index contributed by atoms with van der Waals surface area (Å²) in [6.45, 7) is 4.30. The molecule has 0 amide bonds. The van der Waals surface area contributed by atoms with E-state index in [-0.39, 0.29) is 0 Å². The van der Waals surface area contributed by atoms with Crippen LogP contribution in [0.4, 0.5) is 0 Å². The second-order valence-corrected chi connectivity index (χ2v) is 7.53. The number of guanidine groups is 1. The van der Waals surface area contributed by atoms with Crippen LogP contribution < -0.4 is 5.32 Å². The van der Waals surface area contributed by atoms with Gasteiger partial charge in [0.2, 0.25) is 10.0 Å². The van der Waals surface area contributed by atoms with Crippen LogP contribution in [0, 0.1) is 0 Å². The van der Waals surface area contributed by atoms with E-state index in [2.05, 4.69) is 20.9 Å². The first-order valence-electron chi connectivity index (χ1n) is 7.76. The lowest BCUT2D eigenvalue weighted by molar-refractivity contribution is 0.418. The number of aromatic nitrogens is 1. The molecule has 1 aromatic heterocycles. The second kappa shape index (κ2) is 8.93. The molecule has 1 aromatic rings. The molecule has 1 rings (SSSR count). The van der Waals surface area contributed by atoms with E-state index in [9.17, 15) is 8.42 Å². The summed E-state index contributed by atoms with van der Waals surface area (Å²) in [5.41, 5.74) is 1.20. The van der Waals surface area contributed by atoms with E-state index in [0.717, 1.165) is 18.9 Å². The average Bonchev–Trinajstić information content (AvgIpc) is 2.86. The number of hydrogen-bond acceptors (Lipinski definition) is 3. The van der Waals surface area contributed by atoms with Gasteiger partial charge in [0.05, 0.1) is 12.8 Å². The van der Waals surface area contributed by atoms with E-state index in [1.165, 1.54) is 16.3 Å². The third kappa shape index (κ3) is 6.23. The summed E-state index contributed by atoms with van der Waals surface area (Å²) in [6.07, 6.45) is 4.00. The van der Waals surface area contributed by atoms with Gasteiger partial charge in [-0.2, -0.15) is 0 Å². The van der Waals surface area contributed by atoms with Crippen LogP contribution in [0.2, 0.25) is 0 Å². The fourth-order valence-corrected chi connectivity index (χ4v) is 3.31. The van der Waals surface area contributed by atoms with Gasteiger partial charge in [-0.05, 0) is 18.6 Å². The predicted octanol–water partition coefficient (Wildman–Crippen LogP) is 0.704. The Morgan fingerprint density at radius 1 is 1.43 bits per heavy atom. The minimum atomic E-state index is -3.11. The van der Waals surface area contributed by atoms with Gasteiger partial charge in [-0.25, -0.2) is 12.7 Å². The van der Waals surface area contributed by atoms with Crippen molar-refractivity contribution in [2.75, 3.05) is 40.0 Å². The summed E-state index contributed by atoms with van der Waals surface area (Å²) in [7, 11) is 2.64. The number of aryl methyl sites for hydroxylation is 1. The van der Waals surface area contributed by atoms with Gasteiger partial charge in [0.1, 0.15) is 0 Å². The van der Waals surface area contributed by atoms with Crippen molar-refractivity contribution in [1.29, 1.82) is 0 Å². The molecule has 132 valence electrons. The quantitative estimate of drug-likeness (QED) is 0.429. The van der Waals surface area contributed by atoms with E-state index in [0.29, 0.717) is 19.6 Å². The SMILES string of the molecule is CCN(CCCNC(=NC)N(C)Cc1cccn1C)S(C)(=O)=O. The highest BCUT2D eigenvalue weighted by Crippen LogP contribution is 2.04. The maximum atomic E-state index is 11.5. The van der Waals surface area contributed by atoms with E-state index in [4.69, 9.17) is 0 Å². The molecule has 0 unspecified atom stereocenters. The Morgan fingerprint density at radius 3 is 2.61 bits per heavy atom. The second-order valence-electron chi connectivity index (χ2n) is 5.55. The zero-order valence-electron chi connectivity index (χ0n) is 14.8. The van der Waals surface area contributed by atoms with E-state index in [1.807, 2.05) is 38.2 Å². The first kappa shape index (κ1) is 19.5. The minimum absolute atomic E-state index is 0.501. The average molecular weight is 343 g/mol. The van der Waals surface area contributed by atoms with Crippen LogP contribution in [0.1, 0.15) is 19.0 Å². The monoisotopic (exact) mass is 343 g/mol. The molecule has 0 saturated heterocycles. The van der Waals surface area contributed by atoms with Crippen molar-refractivity contribution in [2.24, 2.45) is 12.0 Å². The Labute approximate surface area is 140 Å². The van der Waals surface area contributed by atoms with Crippen molar-refractivity contribution < 1.29 is 8.42 Å². The summed E-state index contributed by atoms with van der Waals surface area (Å²) in [6, 6.07) is 4.10. The van der Waals surface area contributed by atoms with Crippen LogP contribution in [0.5, 0.6) is 0 Å². The van der Waals surface area contributed by atoms with Gasteiger partial charge in [-0.15, -0.1) is 0 Å². The molecule has 1 N–H and O–H groups in total. The minimum Gasteiger partial charge on any atom is -0.356 e. The molecule has 7 nitrogen and oxygen atoms in total. The maximum absolute atomic E-state index is 11.5. The first-order valence-corrected chi connectivity index (χ1v) is 9.61. The van der Waals surface area contributed by atoms with Crippen LogP contribution in [0.3, 0.4) is 0 Å². The van der Waals surface area contributed by atoms with Crippen molar-refractivity contribution in [3.63, 3.8) is 0 Å². The zero-order valence-corrected chi connectivity index (χ0v) is 15.6. The molecular weight excluding hydrogens is 314 g/mol. The van der Waals surface area contributed by atoms with Gasteiger partial charge in [0, 0.05) is 52.7 Å². The van der Waals surface area contributed by atoms with Crippen LogP contribution >= 0.6 is 0 Å². The van der Waals surface area contributed by atoms with Crippen molar-refractivity contribution >= 4 is 16.0 Å². The van der Waals surface area contributed by atoms with Crippen LogP contribution in [-0.4, -0.2) is 68.1 Å². The molecule has 0 atom stereocenters. The number of aliphatic imine (C=N–C) groups is 1. The fourth-order valence-electron chi connectivity index (χ4n) is 2.38. The van der Waals surface area contributed by atoms with Crippen molar-refractivity contribution in [3.05, 3.63) is 24.0 Å². The molecule has 0 bridgehead atoms. The lowest BCUT2D eigenvalue weighted by Gasteiger charge is -2.23. The summed E-state index contributed by atoms with van der Waals surface area (Å²) in [5.74, 6) is 0.800. The molecular formula is C15H29N5O2S. The summed E-state index contributed by atoms with van der Waals surface area (Å²) < 4.78 is 26.6. The smallest absolute Gasteiger partial charge is 0.211 e. The van der Waals surface area contributed by atoms with Crippen LogP contribution in [0.15, 0.2) is 23.3 Å². The first-order chi connectivity index (χ1) is 10.8. The van der Waals surface area contributed by atoms with Crippen LogP contribution in [-0.2, 0) is 23.6 Å². The molecule has 0 radical (unpaired) electrons. The molecule has 0 spiro atoms. The Hall–Kier alpha value is -1.54. The summed E-state index contributed by atoms with van der Waals surface area (Å²) in [4.78, 5) is 6.32. The molecule has 0 aliphatic rings. The highest BCUT2D eigenvalue weighted by Gasteiger charge is 2.13. The number of nitrogens with one attached hydrogen (secondary N) is 1. The molecule has 23 heavy (non-hydrogen) atoms. The van der Waals surface area contributed by atoms with E-state index >= 15 is 0 Å². The lowest BCUT2D eigenvalue weighted by atomic mass is 10.4. The lowest BCUT2D eigenvalue weighted by Crippen LogP contribution is -2.40. The molecule has 0 aromatic carbocycles. The van der Waals surface area contributed by atoms with Gasteiger partial charge in [-0.3, -0.25) is 4.99 Å². The standard InChI is InChI=1S/C15H29N5O2S/c1-6-20(23(5,21)22)12-8-10-17-15(16-2)19(4)13-14-9-7-11-18(14)3/h7,9,11H,6,8,10,12-13H2,1-5H3,(H,16,17). The van der Waals surface area contributed by atoms with Gasteiger partial charge >= 0.3 is 0 Å². The third-order valence-corrected chi connectivity index (χ3v) is 5.09. The van der Waals surface area contributed by atoms with Crippen LogP contribution in [0.25, 0.3) is 0 Å². The van der Waals surface area contributed by atoms with Crippen molar-refractivity contribution in [3.8, 4) is 0 Å². The largest absolute Gasteiger partial charge is 0.356 e. The van der Waals surface area contributed by atoms with Crippen molar-refractivity contribution in [1.82, 2.24) is 19.1 Å². The highest BCUT2D eigenvalue weighted by molar-refractivity contribution is 7.88. The number of nitrogens with zero attached hydrogens (tertiary/aromatic N) is 4. The molecule has 8 heteroatoms. The topological polar surface area (TPSA) is 69.9 Å². The Morgan fingerprint density at radius 2 is 2.13 bits per heavy atom. The van der Waals surface area contributed by atoms with Gasteiger partial charge in [0.15, 0.2) is 5.96 Å². The maximum Gasteiger partial charge on any atom is 0.211 e. The van der Waals surface area contributed by atoms with Crippen molar-refractivity contribution in [2.45, 2.75) is 19.9 Å². The molecule has 0 aliphatic carbocycles. The highest BCUT2D eigenvalue weighted by atomic mass is 32.2. The van der Waals surface area contributed by atoms with E-state index in [1.54, 1.807) is 7.05 Å². The Bertz CT molecular complexity index is 609. The molecule has 0 fully saturated rings. The third-order valence-electron chi connectivity index (χ3n) is 3.71. The number of hydrogen-bond donors (Lipinski definition) is 1. The molecule has 0 aliphatic heterocycles. The molecule has 1 heterocycles. The van der Waals surface area contributed by atoms with Gasteiger partial charge in [0.25, 0.3) is 0 Å². The zero-order chi connectivity index (χ0) is 17.5. The van der Waals surface area contributed by atoms with E-state index < -0.39 is 10.0 Å².